The third-order valence-corrected chi connectivity index (χ3v) is 4.09. The van der Waals surface area contributed by atoms with Gasteiger partial charge in [-0.25, -0.2) is 0 Å². The summed E-state index contributed by atoms with van der Waals surface area (Å²) in [6.45, 7) is 0. The number of imide groups is 1. The van der Waals surface area contributed by atoms with Gasteiger partial charge in [0.1, 0.15) is 6.04 Å². The first kappa shape index (κ1) is 16.5. The topological polar surface area (TPSA) is 69.7 Å². The van der Waals surface area contributed by atoms with Gasteiger partial charge in [-0.3, -0.25) is 19.7 Å². The minimum Gasteiger partial charge on any atom is -0.376 e. The van der Waals surface area contributed by atoms with Crippen LogP contribution in [0.15, 0.2) is 22.7 Å². The van der Waals surface area contributed by atoms with Crippen LogP contribution >= 0.6 is 15.9 Å². The molecule has 1 heterocycles. The van der Waals surface area contributed by atoms with E-state index in [-0.39, 0.29) is 5.91 Å². The van der Waals surface area contributed by atoms with Gasteiger partial charge in [-0.15, -0.1) is 0 Å². The third kappa shape index (κ3) is 3.47. The number of carbonyl (C=O) groups is 3. The molecule has 1 fully saturated rings. The number of halogens is 1. The van der Waals surface area contributed by atoms with Crippen molar-refractivity contribution >= 4 is 45.5 Å². The van der Waals surface area contributed by atoms with E-state index in [2.05, 4.69) is 21.2 Å². The Morgan fingerprint density at radius 3 is 2.64 bits per heavy atom. The number of carbonyl (C=O) groups excluding carboxylic acids is 3. The van der Waals surface area contributed by atoms with Crippen LogP contribution < -0.4 is 15.1 Å². The Kier molecular flexibility index (Phi) is 5.18. The highest BCUT2D eigenvalue weighted by atomic mass is 79.9. The fourth-order valence-corrected chi connectivity index (χ4v) is 2.86. The molecule has 2 rings (SSSR count). The number of amides is 3. The van der Waals surface area contributed by atoms with E-state index in [0.29, 0.717) is 31.4 Å². The molecule has 1 N–H and O–H groups in total. The molecule has 0 spiro atoms. The maximum Gasteiger partial charge on any atom is 0.249 e. The molecule has 1 atom stereocenters. The quantitative estimate of drug-likeness (QED) is 0.649. The van der Waals surface area contributed by atoms with Crippen molar-refractivity contribution in [2.45, 2.75) is 25.3 Å². The number of benzene rings is 1. The molecule has 0 aromatic heterocycles. The van der Waals surface area contributed by atoms with E-state index in [1.54, 1.807) is 6.07 Å². The summed E-state index contributed by atoms with van der Waals surface area (Å²) >= 11 is 3.41. The van der Waals surface area contributed by atoms with E-state index in [1.165, 1.54) is 4.90 Å². The van der Waals surface area contributed by atoms with Gasteiger partial charge in [-0.2, -0.15) is 0 Å². The zero-order chi connectivity index (χ0) is 16.3. The van der Waals surface area contributed by atoms with Crippen molar-refractivity contribution in [1.29, 1.82) is 0 Å². The molecule has 1 aromatic rings. The van der Waals surface area contributed by atoms with Gasteiger partial charge in [0.05, 0.1) is 11.4 Å². The van der Waals surface area contributed by atoms with Crippen LogP contribution in [0, 0.1) is 0 Å². The number of rotatable bonds is 4. The second-order valence-electron chi connectivity index (χ2n) is 5.36. The van der Waals surface area contributed by atoms with E-state index in [4.69, 9.17) is 0 Å². The van der Waals surface area contributed by atoms with Gasteiger partial charge in [-0.05, 0) is 31.0 Å². The van der Waals surface area contributed by atoms with Gasteiger partial charge in [0.15, 0.2) is 0 Å². The molecule has 1 aliphatic rings. The average molecular weight is 368 g/mol. The number of nitrogens with one attached hydrogen (secondary N) is 1. The van der Waals surface area contributed by atoms with Gasteiger partial charge in [0.2, 0.25) is 18.2 Å². The molecular formula is C15H18BrN3O3. The summed E-state index contributed by atoms with van der Waals surface area (Å²) in [4.78, 5) is 38.5. The second-order valence-corrected chi connectivity index (χ2v) is 6.28. The van der Waals surface area contributed by atoms with Gasteiger partial charge in [0.25, 0.3) is 0 Å². The number of hydrogen-bond acceptors (Lipinski definition) is 4. The van der Waals surface area contributed by atoms with Crippen LogP contribution in [-0.2, 0) is 14.4 Å². The van der Waals surface area contributed by atoms with E-state index in [9.17, 15) is 14.4 Å². The first-order valence-corrected chi connectivity index (χ1v) is 7.77. The molecule has 22 heavy (non-hydrogen) atoms. The van der Waals surface area contributed by atoms with Crippen molar-refractivity contribution in [2.24, 2.45) is 0 Å². The van der Waals surface area contributed by atoms with Crippen molar-refractivity contribution in [3.05, 3.63) is 22.7 Å². The summed E-state index contributed by atoms with van der Waals surface area (Å²) in [6.07, 6.45) is 1.98. The Balaban J connectivity index is 2.41. The largest absolute Gasteiger partial charge is 0.376 e. The Labute approximate surface area is 137 Å². The van der Waals surface area contributed by atoms with Crippen molar-refractivity contribution in [3.63, 3.8) is 0 Å². The summed E-state index contributed by atoms with van der Waals surface area (Å²) in [5, 5.41) is 2.34. The van der Waals surface area contributed by atoms with Gasteiger partial charge in [0, 0.05) is 25.0 Å². The lowest BCUT2D eigenvalue weighted by Gasteiger charge is -2.29. The van der Waals surface area contributed by atoms with Gasteiger partial charge >= 0.3 is 0 Å². The molecule has 118 valence electrons. The fourth-order valence-electron chi connectivity index (χ4n) is 2.51. The summed E-state index contributed by atoms with van der Waals surface area (Å²) in [6, 6.07) is 4.81. The second kappa shape index (κ2) is 6.91. The van der Waals surface area contributed by atoms with Crippen LogP contribution in [0.5, 0.6) is 0 Å². The van der Waals surface area contributed by atoms with Crippen LogP contribution in [0.4, 0.5) is 11.4 Å². The van der Waals surface area contributed by atoms with Gasteiger partial charge in [-0.1, -0.05) is 15.9 Å². The van der Waals surface area contributed by atoms with E-state index in [1.807, 2.05) is 31.1 Å². The Morgan fingerprint density at radius 2 is 2.00 bits per heavy atom. The average Bonchev–Trinajstić information content (AvgIpc) is 2.62. The molecule has 6 nitrogen and oxygen atoms in total. The minimum absolute atomic E-state index is 0.290. The first-order chi connectivity index (χ1) is 10.4. The molecular weight excluding hydrogens is 350 g/mol. The van der Waals surface area contributed by atoms with Crippen molar-refractivity contribution in [1.82, 2.24) is 5.32 Å². The molecule has 0 saturated carbocycles. The molecule has 7 heteroatoms. The SMILES string of the molecule is CN(C)c1cc(Br)ccc1N(C=O)C1CCCC(=O)NC1=O. The monoisotopic (exact) mass is 367 g/mol. The lowest BCUT2D eigenvalue weighted by molar-refractivity contribution is -0.130. The summed E-state index contributed by atoms with van der Waals surface area (Å²) < 4.78 is 0.881. The molecule has 0 aliphatic carbocycles. The van der Waals surface area contributed by atoms with E-state index >= 15 is 0 Å². The molecule has 1 saturated heterocycles. The van der Waals surface area contributed by atoms with E-state index < -0.39 is 11.9 Å². The molecule has 0 radical (unpaired) electrons. The number of hydrogen-bond donors (Lipinski definition) is 1. The minimum atomic E-state index is -0.677. The number of anilines is 2. The smallest absolute Gasteiger partial charge is 0.249 e. The van der Waals surface area contributed by atoms with Crippen LogP contribution in [-0.4, -0.2) is 38.4 Å². The first-order valence-electron chi connectivity index (χ1n) is 6.98. The Morgan fingerprint density at radius 1 is 1.27 bits per heavy atom. The van der Waals surface area contributed by atoms with Crippen molar-refractivity contribution in [2.75, 3.05) is 23.9 Å². The number of nitrogens with zero attached hydrogens (tertiary/aromatic N) is 2. The maximum atomic E-state index is 12.2. The zero-order valence-corrected chi connectivity index (χ0v) is 14.1. The molecule has 1 unspecified atom stereocenters. The predicted molar refractivity (Wildman–Crippen MR) is 87.8 cm³/mol. The highest BCUT2D eigenvalue weighted by molar-refractivity contribution is 9.10. The summed E-state index contributed by atoms with van der Waals surface area (Å²) in [5.41, 5.74) is 1.45. The van der Waals surface area contributed by atoms with Gasteiger partial charge < -0.3 is 9.80 Å². The van der Waals surface area contributed by atoms with E-state index in [0.717, 1.165) is 10.2 Å². The highest BCUT2D eigenvalue weighted by Gasteiger charge is 2.31. The lowest BCUT2D eigenvalue weighted by Crippen LogP contribution is -2.46. The van der Waals surface area contributed by atoms with Crippen LogP contribution in [0.3, 0.4) is 0 Å². The fraction of sp³-hybridized carbons (Fsp3) is 0.400. The normalized spacial score (nSPS) is 18.4. The van der Waals surface area contributed by atoms with Crippen LogP contribution in [0.25, 0.3) is 0 Å². The molecule has 0 bridgehead atoms. The Bertz CT molecular complexity index is 604. The van der Waals surface area contributed by atoms with Crippen molar-refractivity contribution < 1.29 is 14.4 Å². The standard InChI is InChI=1S/C15H18BrN3O3/c1-18(2)13-8-10(16)6-7-11(13)19(9-20)12-4-3-5-14(21)17-15(12)22/h6-9,12H,3-5H2,1-2H3,(H,17,21,22). The molecule has 1 aromatic carbocycles. The Hall–Kier alpha value is -1.89. The predicted octanol–water partition coefficient (Wildman–Crippen LogP) is 1.67. The zero-order valence-electron chi connectivity index (χ0n) is 12.5. The third-order valence-electron chi connectivity index (χ3n) is 3.59. The maximum absolute atomic E-state index is 12.2. The van der Waals surface area contributed by atoms with Crippen molar-refractivity contribution in [3.8, 4) is 0 Å². The van der Waals surface area contributed by atoms with Crippen LogP contribution in [0.1, 0.15) is 19.3 Å². The molecule has 1 aliphatic heterocycles. The summed E-state index contributed by atoms with van der Waals surface area (Å²) in [5.74, 6) is -0.718. The lowest BCUT2D eigenvalue weighted by atomic mass is 10.1. The van der Waals surface area contributed by atoms with Crippen LogP contribution in [0.2, 0.25) is 0 Å². The summed E-state index contributed by atoms with van der Waals surface area (Å²) in [7, 11) is 3.73. The molecule has 3 amide bonds. The highest BCUT2D eigenvalue weighted by Crippen LogP contribution is 2.33.